The first-order chi connectivity index (χ1) is 15.0. The van der Waals surface area contributed by atoms with Crippen molar-refractivity contribution >= 4 is 40.1 Å². The molecule has 0 aliphatic rings. The van der Waals surface area contributed by atoms with Crippen LogP contribution in [-0.2, 0) is 6.67 Å². The molecule has 0 radical (unpaired) electrons. The van der Waals surface area contributed by atoms with Crippen molar-refractivity contribution in [1.29, 1.82) is 0 Å². The number of pyridine rings is 2. The highest BCUT2D eigenvalue weighted by molar-refractivity contribution is 14.1. The van der Waals surface area contributed by atoms with Gasteiger partial charge in [-0.2, -0.15) is 0 Å². The van der Waals surface area contributed by atoms with Crippen molar-refractivity contribution in [2.75, 3.05) is 24.2 Å². The van der Waals surface area contributed by atoms with Crippen LogP contribution in [0.25, 0.3) is 0 Å². The van der Waals surface area contributed by atoms with Gasteiger partial charge in [0.05, 0.1) is 5.69 Å². The summed E-state index contributed by atoms with van der Waals surface area (Å²) in [5.41, 5.74) is 1.01. The first-order valence-electron chi connectivity index (χ1n) is 10.8. The zero-order valence-electron chi connectivity index (χ0n) is 18.5. The molecule has 2 aromatic heterocycles. The van der Waals surface area contributed by atoms with Gasteiger partial charge in [0.1, 0.15) is 12.5 Å². The summed E-state index contributed by atoms with van der Waals surface area (Å²) in [5.74, 6) is -0.261. The fourth-order valence-corrected chi connectivity index (χ4v) is 3.44. The Morgan fingerprint density at radius 2 is 1.81 bits per heavy atom. The summed E-state index contributed by atoms with van der Waals surface area (Å²) in [5, 5.41) is 15.1. The van der Waals surface area contributed by atoms with Crippen LogP contribution < -0.4 is 10.6 Å². The van der Waals surface area contributed by atoms with Crippen LogP contribution in [0.2, 0.25) is 0 Å². The van der Waals surface area contributed by atoms with E-state index in [1.165, 1.54) is 73.3 Å². The van der Waals surface area contributed by atoms with Crippen molar-refractivity contribution in [3.8, 4) is 0 Å². The van der Waals surface area contributed by atoms with Crippen molar-refractivity contribution in [3.63, 3.8) is 0 Å². The van der Waals surface area contributed by atoms with E-state index in [1.807, 2.05) is 13.2 Å². The lowest BCUT2D eigenvalue weighted by molar-refractivity contribution is 0.0688. The van der Waals surface area contributed by atoms with E-state index in [0.29, 0.717) is 0 Å². The van der Waals surface area contributed by atoms with Gasteiger partial charge in [0.15, 0.2) is 5.69 Å². The van der Waals surface area contributed by atoms with Gasteiger partial charge >= 0.3 is 5.97 Å². The van der Waals surface area contributed by atoms with Gasteiger partial charge in [0.2, 0.25) is 0 Å². The SMILES string of the molecule is CCCCCCCCCCNc1cc(I)cnc1NC.O=C(O)c1ncccc1CF. The highest BCUT2D eigenvalue weighted by atomic mass is 127. The Labute approximate surface area is 198 Å². The van der Waals surface area contributed by atoms with E-state index in [-0.39, 0.29) is 11.3 Å². The Balaban J connectivity index is 0.000000367. The smallest absolute Gasteiger partial charge is 0.354 e. The molecule has 172 valence electrons. The molecule has 8 heteroatoms. The van der Waals surface area contributed by atoms with Gasteiger partial charge < -0.3 is 15.7 Å². The topological polar surface area (TPSA) is 87.1 Å². The molecule has 2 rings (SSSR count). The Bertz CT molecular complexity index is 777. The minimum atomic E-state index is -1.20. The first-order valence-corrected chi connectivity index (χ1v) is 11.9. The van der Waals surface area contributed by atoms with Crippen molar-refractivity contribution in [1.82, 2.24) is 9.97 Å². The zero-order valence-corrected chi connectivity index (χ0v) is 20.6. The van der Waals surface area contributed by atoms with E-state index in [0.717, 1.165) is 18.1 Å². The number of hydrogen-bond acceptors (Lipinski definition) is 5. The van der Waals surface area contributed by atoms with Gasteiger partial charge in [0, 0.05) is 35.1 Å². The quantitative estimate of drug-likeness (QED) is 0.196. The molecule has 0 amide bonds. The van der Waals surface area contributed by atoms with E-state index in [4.69, 9.17) is 5.11 Å². The maximum Gasteiger partial charge on any atom is 0.354 e. The second kappa shape index (κ2) is 16.7. The fraction of sp³-hybridized carbons (Fsp3) is 0.522. The molecule has 0 aliphatic heterocycles. The number of carboxylic acid groups (broad SMARTS) is 1. The summed E-state index contributed by atoms with van der Waals surface area (Å²) < 4.78 is 13.2. The lowest BCUT2D eigenvalue weighted by Gasteiger charge is -2.11. The normalized spacial score (nSPS) is 10.2. The van der Waals surface area contributed by atoms with Gasteiger partial charge in [-0.1, -0.05) is 57.9 Å². The van der Waals surface area contributed by atoms with Crippen molar-refractivity contribution < 1.29 is 14.3 Å². The maximum atomic E-state index is 12.0. The van der Waals surface area contributed by atoms with Crippen LogP contribution >= 0.6 is 22.6 Å². The molecule has 0 aliphatic carbocycles. The number of anilines is 2. The minimum absolute atomic E-state index is 0.111. The summed E-state index contributed by atoms with van der Waals surface area (Å²) >= 11 is 2.30. The maximum absolute atomic E-state index is 12.0. The minimum Gasteiger partial charge on any atom is -0.477 e. The molecule has 3 N–H and O–H groups in total. The predicted octanol–water partition coefficient (Wildman–Crippen LogP) is 6.53. The van der Waals surface area contributed by atoms with Crippen LogP contribution in [0.5, 0.6) is 0 Å². The van der Waals surface area contributed by atoms with E-state index in [2.05, 4.69) is 56.2 Å². The van der Waals surface area contributed by atoms with Crippen LogP contribution in [0.1, 0.15) is 74.3 Å². The Morgan fingerprint density at radius 1 is 1.13 bits per heavy atom. The van der Waals surface area contributed by atoms with Gasteiger partial charge in [-0.05, 0) is 41.1 Å². The molecule has 2 aromatic rings. The van der Waals surface area contributed by atoms with Crippen LogP contribution in [0, 0.1) is 3.57 Å². The molecule has 2 heterocycles. The lowest BCUT2D eigenvalue weighted by Crippen LogP contribution is -2.06. The van der Waals surface area contributed by atoms with Gasteiger partial charge in [-0.15, -0.1) is 0 Å². The zero-order chi connectivity index (χ0) is 22.9. The highest BCUT2D eigenvalue weighted by Gasteiger charge is 2.09. The number of nitrogens with zero attached hydrogens (tertiary/aromatic N) is 2. The fourth-order valence-electron chi connectivity index (χ4n) is 2.99. The molecule has 0 fully saturated rings. The molecule has 0 unspecified atom stereocenters. The van der Waals surface area contributed by atoms with E-state index < -0.39 is 12.6 Å². The number of aromatic nitrogens is 2. The monoisotopic (exact) mass is 544 g/mol. The van der Waals surface area contributed by atoms with Crippen molar-refractivity contribution in [2.24, 2.45) is 0 Å². The number of alkyl halides is 1. The summed E-state index contributed by atoms with van der Waals surface area (Å²) in [6, 6.07) is 5.04. The summed E-state index contributed by atoms with van der Waals surface area (Å²) in [6.45, 7) is 2.51. The predicted molar refractivity (Wildman–Crippen MR) is 134 cm³/mol. The molecule has 0 atom stereocenters. The molecule has 6 nitrogen and oxygen atoms in total. The molecular weight excluding hydrogens is 510 g/mol. The Hall–Kier alpha value is -1.97. The van der Waals surface area contributed by atoms with E-state index in [1.54, 1.807) is 0 Å². The molecule has 0 aromatic carbocycles. The van der Waals surface area contributed by atoms with E-state index in [9.17, 15) is 9.18 Å². The van der Waals surface area contributed by atoms with Gasteiger partial charge in [0.25, 0.3) is 0 Å². The Morgan fingerprint density at radius 3 is 2.39 bits per heavy atom. The number of carboxylic acids is 1. The van der Waals surface area contributed by atoms with Crippen LogP contribution in [-0.4, -0.2) is 34.6 Å². The highest BCUT2D eigenvalue weighted by Crippen LogP contribution is 2.20. The molecular formula is C23H34FIN4O2. The van der Waals surface area contributed by atoms with Gasteiger partial charge in [-0.25, -0.2) is 19.2 Å². The van der Waals surface area contributed by atoms with Crippen LogP contribution in [0.15, 0.2) is 30.6 Å². The number of hydrogen-bond donors (Lipinski definition) is 3. The second-order valence-electron chi connectivity index (χ2n) is 7.15. The summed E-state index contributed by atoms with van der Waals surface area (Å²) in [7, 11) is 1.91. The second-order valence-corrected chi connectivity index (χ2v) is 8.40. The lowest BCUT2D eigenvalue weighted by atomic mass is 10.1. The Kier molecular flexibility index (Phi) is 14.6. The molecule has 0 spiro atoms. The number of nitrogens with one attached hydrogen (secondary N) is 2. The molecule has 0 saturated carbocycles. The number of halogens is 2. The number of carbonyl (C=O) groups is 1. The van der Waals surface area contributed by atoms with Crippen LogP contribution in [0.4, 0.5) is 15.9 Å². The average molecular weight is 544 g/mol. The number of unbranched alkanes of at least 4 members (excludes halogenated alkanes) is 7. The number of rotatable bonds is 13. The first kappa shape index (κ1) is 27.1. The largest absolute Gasteiger partial charge is 0.477 e. The van der Waals surface area contributed by atoms with E-state index >= 15 is 0 Å². The summed E-state index contributed by atoms with van der Waals surface area (Å²) in [4.78, 5) is 18.2. The number of aromatic carboxylic acids is 1. The van der Waals surface area contributed by atoms with Gasteiger partial charge in [-0.3, -0.25) is 0 Å². The third-order valence-electron chi connectivity index (χ3n) is 4.67. The van der Waals surface area contributed by atoms with Crippen molar-refractivity contribution in [2.45, 2.75) is 65.0 Å². The third kappa shape index (κ3) is 11.3. The van der Waals surface area contributed by atoms with Crippen LogP contribution in [0.3, 0.4) is 0 Å². The summed E-state index contributed by atoms with van der Waals surface area (Å²) in [6.07, 6.45) is 14.1. The standard InChI is InChI=1S/C16H28IN3.C7H6FNO2/c1-3-4-5-6-7-8-9-10-11-19-15-12-14(17)13-20-16(15)18-2;8-4-5-2-1-3-9-6(5)7(10)11/h12-13,19H,3-11H2,1-2H3,(H,18,20);1-3H,4H2,(H,10,11). The van der Waals surface area contributed by atoms with Crippen molar-refractivity contribution in [3.05, 3.63) is 45.4 Å². The third-order valence-corrected chi connectivity index (χ3v) is 5.26. The average Bonchev–Trinajstić information content (AvgIpc) is 2.78. The molecule has 31 heavy (non-hydrogen) atoms. The molecule has 0 bridgehead atoms. The molecule has 0 saturated heterocycles.